The van der Waals surface area contributed by atoms with Crippen LogP contribution in [0.2, 0.25) is 0 Å². The van der Waals surface area contributed by atoms with Crippen LogP contribution in [0.1, 0.15) is 60.8 Å². The van der Waals surface area contributed by atoms with Crippen LogP contribution in [0.4, 0.5) is 4.79 Å². The van der Waals surface area contributed by atoms with E-state index < -0.39 is 5.60 Å². The zero-order valence-electron chi connectivity index (χ0n) is 16.1. The maximum atomic E-state index is 12.1. The van der Waals surface area contributed by atoms with Gasteiger partial charge in [0.1, 0.15) is 5.60 Å². The second kappa shape index (κ2) is 8.34. The summed E-state index contributed by atoms with van der Waals surface area (Å²) in [5.74, 6) is 0.627. The van der Waals surface area contributed by atoms with Crippen LogP contribution in [0.25, 0.3) is 0 Å². The number of likely N-dealkylation sites (tertiary alicyclic amines) is 1. The molecule has 0 bridgehead atoms. The van der Waals surface area contributed by atoms with E-state index in [1.54, 1.807) is 7.11 Å². The number of methoxy groups -OCH3 is 1. The van der Waals surface area contributed by atoms with Gasteiger partial charge in [-0.05, 0) is 73.3 Å². The highest BCUT2D eigenvalue weighted by molar-refractivity contribution is 5.68. The van der Waals surface area contributed by atoms with Crippen LogP contribution in [-0.4, -0.2) is 55.0 Å². The molecule has 0 aromatic carbocycles. The van der Waals surface area contributed by atoms with E-state index >= 15 is 0 Å². The quantitative estimate of drug-likeness (QED) is 0.811. The normalized spacial score (nSPS) is 18.8. The number of ether oxygens (including phenoxy) is 2. The van der Waals surface area contributed by atoms with Crippen molar-refractivity contribution in [1.82, 2.24) is 10.2 Å². The number of carbonyl (C=O) groups excluding carboxylic acids is 1. The largest absolute Gasteiger partial charge is 0.444 e. The molecule has 1 amide bonds. The Labute approximate surface area is 142 Å². The maximum Gasteiger partial charge on any atom is 0.410 e. The Balaban J connectivity index is 2.28. The average molecular weight is 328 g/mol. The molecule has 1 aliphatic heterocycles. The number of nitrogens with zero attached hydrogens (tertiary/aromatic N) is 1. The lowest BCUT2D eigenvalue weighted by molar-refractivity contribution is 0.00717. The van der Waals surface area contributed by atoms with Crippen LogP contribution in [0, 0.1) is 5.92 Å². The van der Waals surface area contributed by atoms with Gasteiger partial charge < -0.3 is 19.7 Å². The minimum Gasteiger partial charge on any atom is -0.444 e. The summed E-state index contributed by atoms with van der Waals surface area (Å²) in [5, 5.41) is 3.61. The van der Waals surface area contributed by atoms with Crippen molar-refractivity contribution in [3.63, 3.8) is 0 Å². The lowest BCUT2D eigenvalue weighted by atomic mass is 9.95. The van der Waals surface area contributed by atoms with E-state index in [9.17, 15) is 4.79 Å². The van der Waals surface area contributed by atoms with Gasteiger partial charge >= 0.3 is 6.09 Å². The fraction of sp³-hybridized carbons (Fsp3) is 0.944. The molecule has 1 saturated heterocycles. The van der Waals surface area contributed by atoms with Gasteiger partial charge in [-0.15, -0.1) is 0 Å². The summed E-state index contributed by atoms with van der Waals surface area (Å²) in [6.07, 6.45) is 2.87. The molecule has 1 rings (SSSR count). The molecule has 23 heavy (non-hydrogen) atoms. The molecule has 1 N–H and O–H groups in total. The van der Waals surface area contributed by atoms with Crippen molar-refractivity contribution in [1.29, 1.82) is 0 Å². The van der Waals surface area contributed by atoms with Crippen LogP contribution < -0.4 is 5.32 Å². The molecule has 5 nitrogen and oxygen atoms in total. The fourth-order valence-corrected chi connectivity index (χ4v) is 2.91. The van der Waals surface area contributed by atoms with Crippen molar-refractivity contribution in [2.24, 2.45) is 5.92 Å². The van der Waals surface area contributed by atoms with E-state index in [2.05, 4.69) is 26.1 Å². The van der Waals surface area contributed by atoms with Crippen LogP contribution >= 0.6 is 0 Å². The first-order chi connectivity index (χ1) is 10.5. The van der Waals surface area contributed by atoms with Crippen molar-refractivity contribution >= 4 is 6.09 Å². The van der Waals surface area contributed by atoms with E-state index in [-0.39, 0.29) is 11.7 Å². The molecular weight excluding hydrogens is 292 g/mol. The van der Waals surface area contributed by atoms with Crippen molar-refractivity contribution in [2.75, 3.05) is 26.7 Å². The Morgan fingerprint density at radius 1 is 1.22 bits per heavy atom. The predicted octanol–water partition coefficient (Wildman–Crippen LogP) is 3.43. The van der Waals surface area contributed by atoms with Crippen LogP contribution in [-0.2, 0) is 9.47 Å². The molecule has 0 saturated carbocycles. The summed E-state index contributed by atoms with van der Waals surface area (Å²) in [5.41, 5.74) is -0.508. The molecule has 1 fully saturated rings. The highest BCUT2D eigenvalue weighted by Crippen LogP contribution is 2.20. The lowest BCUT2D eigenvalue weighted by Gasteiger charge is -2.34. The summed E-state index contributed by atoms with van der Waals surface area (Å²) in [6, 6.07) is 0.425. The first-order valence-corrected chi connectivity index (χ1v) is 8.79. The number of rotatable bonds is 6. The van der Waals surface area contributed by atoms with Crippen molar-refractivity contribution in [3.05, 3.63) is 0 Å². The summed E-state index contributed by atoms with van der Waals surface area (Å²) in [7, 11) is 1.76. The summed E-state index contributed by atoms with van der Waals surface area (Å²) >= 11 is 0. The molecule has 136 valence electrons. The van der Waals surface area contributed by atoms with Crippen LogP contribution in [0.5, 0.6) is 0 Å². The molecule has 0 aliphatic carbocycles. The summed E-state index contributed by atoms with van der Waals surface area (Å²) in [6.45, 7) is 14.7. The van der Waals surface area contributed by atoms with Gasteiger partial charge in [-0.25, -0.2) is 4.79 Å². The van der Waals surface area contributed by atoms with E-state index in [1.165, 1.54) is 0 Å². The minimum atomic E-state index is -0.418. The van der Waals surface area contributed by atoms with Gasteiger partial charge in [-0.3, -0.25) is 0 Å². The Morgan fingerprint density at radius 3 is 2.26 bits per heavy atom. The molecular formula is C18H36N2O3. The second-order valence-electron chi connectivity index (χ2n) is 8.39. The van der Waals surface area contributed by atoms with Gasteiger partial charge in [0.15, 0.2) is 0 Å². The molecule has 1 unspecified atom stereocenters. The summed E-state index contributed by atoms with van der Waals surface area (Å²) < 4.78 is 10.9. The zero-order chi connectivity index (χ0) is 17.7. The molecule has 0 spiro atoms. The second-order valence-corrected chi connectivity index (χ2v) is 8.39. The third kappa shape index (κ3) is 8.02. The van der Waals surface area contributed by atoms with Crippen molar-refractivity contribution < 1.29 is 14.3 Å². The highest BCUT2D eigenvalue weighted by Gasteiger charge is 2.27. The number of nitrogens with one attached hydrogen (secondary N) is 1. The molecule has 1 atom stereocenters. The average Bonchev–Trinajstić information content (AvgIpc) is 2.43. The van der Waals surface area contributed by atoms with Crippen LogP contribution in [0.15, 0.2) is 0 Å². The molecule has 1 aliphatic rings. The fourth-order valence-electron chi connectivity index (χ4n) is 2.91. The molecule has 0 aromatic heterocycles. The Morgan fingerprint density at radius 2 is 1.78 bits per heavy atom. The van der Waals surface area contributed by atoms with Gasteiger partial charge in [-0.1, -0.05) is 0 Å². The van der Waals surface area contributed by atoms with Gasteiger partial charge in [0.2, 0.25) is 0 Å². The summed E-state index contributed by atoms with van der Waals surface area (Å²) in [4.78, 5) is 13.9. The number of hydrogen-bond acceptors (Lipinski definition) is 4. The number of hydrogen-bond donors (Lipinski definition) is 1. The van der Waals surface area contributed by atoms with E-state index in [0.29, 0.717) is 12.0 Å². The van der Waals surface area contributed by atoms with Gasteiger partial charge in [-0.2, -0.15) is 0 Å². The predicted molar refractivity (Wildman–Crippen MR) is 93.7 cm³/mol. The first-order valence-electron chi connectivity index (χ1n) is 8.79. The minimum absolute atomic E-state index is 0.0908. The van der Waals surface area contributed by atoms with E-state index in [0.717, 1.165) is 38.9 Å². The molecule has 0 aromatic rings. The Bertz CT molecular complexity index is 369. The molecule has 5 heteroatoms. The smallest absolute Gasteiger partial charge is 0.410 e. The number of piperidine rings is 1. The van der Waals surface area contributed by atoms with Crippen molar-refractivity contribution in [2.45, 2.75) is 78.0 Å². The topological polar surface area (TPSA) is 50.8 Å². The third-order valence-electron chi connectivity index (χ3n) is 4.37. The van der Waals surface area contributed by atoms with Crippen LogP contribution in [0.3, 0.4) is 0 Å². The van der Waals surface area contributed by atoms with E-state index in [4.69, 9.17) is 9.47 Å². The highest BCUT2D eigenvalue weighted by atomic mass is 16.6. The van der Waals surface area contributed by atoms with Crippen molar-refractivity contribution in [3.8, 4) is 0 Å². The van der Waals surface area contributed by atoms with Gasteiger partial charge in [0.05, 0.1) is 5.60 Å². The Kier molecular flexibility index (Phi) is 7.33. The number of carbonyl (C=O) groups is 1. The molecule has 1 heterocycles. The monoisotopic (exact) mass is 328 g/mol. The maximum absolute atomic E-state index is 12.1. The molecule has 0 radical (unpaired) electrons. The standard InChI is InChI=1S/C18H36N2O3/c1-14(12-18(5,6)22-7)19-13-15-8-10-20(11-9-15)16(21)23-17(2,3)4/h14-15,19H,8-13H2,1-7H3. The van der Waals surface area contributed by atoms with E-state index in [1.807, 2.05) is 25.7 Å². The Hall–Kier alpha value is -0.810. The SMILES string of the molecule is COC(C)(C)CC(C)NCC1CCN(C(=O)OC(C)(C)C)CC1. The first kappa shape index (κ1) is 20.2. The third-order valence-corrected chi connectivity index (χ3v) is 4.37. The number of amides is 1. The lowest BCUT2D eigenvalue weighted by Crippen LogP contribution is -2.44. The van der Waals surface area contributed by atoms with Gasteiger partial charge in [0, 0.05) is 26.2 Å². The van der Waals surface area contributed by atoms with Gasteiger partial charge in [0.25, 0.3) is 0 Å². The zero-order valence-corrected chi connectivity index (χ0v) is 16.1.